The first-order valence-corrected chi connectivity index (χ1v) is 5.32. The molecule has 2 aromatic carbocycles. The zero-order valence-corrected chi connectivity index (χ0v) is 9.89. The van der Waals surface area contributed by atoms with E-state index in [1.807, 2.05) is 30.3 Å². The summed E-state index contributed by atoms with van der Waals surface area (Å²) < 4.78 is 6.15. The molecular weight excluding hydrogens is 263 g/mol. The summed E-state index contributed by atoms with van der Waals surface area (Å²) >= 11 is 9.56. The van der Waals surface area contributed by atoms with Crippen molar-refractivity contribution in [2.75, 3.05) is 7.11 Å². The molecule has 0 fully saturated rings. The molecule has 0 unspecified atom stereocenters. The SMILES string of the molecule is COc1ccc2c(Cl)cccc2c1Br. The fourth-order valence-corrected chi connectivity index (χ4v) is 2.30. The van der Waals surface area contributed by atoms with Gasteiger partial charge in [-0.3, -0.25) is 0 Å². The fourth-order valence-electron chi connectivity index (χ4n) is 1.42. The maximum atomic E-state index is 6.06. The third-order valence-electron chi connectivity index (χ3n) is 2.13. The van der Waals surface area contributed by atoms with Gasteiger partial charge in [0.1, 0.15) is 5.75 Å². The van der Waals surface area contributed by atoms with Crippen molar-refractivity contribution in [3.63, 3.8) is 0 Å². The molecule has 0 aliphatic carbocycles. The Hall–Kier alpha value is -0.730. The highest BCUT2D eigenvalue weighted by atomic mass is 79.9. The summed E-state index contributed by atoms with van der Waals surface area (Å²) in [5.74, 6) is 0.819. The Balaban J connectivity index is 2.84. The van der Waals surface area contributed by atoms with Gasteiger partial charge in [0.25, 0.3) is 0 Å². The van der Waals surface area contributed by atoms with Crippen LogP contribution in [0.2, 0.25) is 5.02 Å². The van der Waals surface area contributed by atoms with Crippen LogP contribution in [-0.4, -0.2) is 7.11 Å². The zero-order valence-electron chi connectivity index (χ0n) is 7.55. The highest BCUT2D eigenvalue weighted by Crippen LogP contribution is 2.35. The van der Waals surface area contributed by atoms with Crippen LogP contribution in [0.3, 0.4) is 0 Å². The van der Waals surface area contributed by atoms with E-state index in [4.69, 9.17) is 16.3 Å². The quantitative estimate of drug-likeness (QED) is 0.753. The van der Waals surface area contributed by atoms with Gasteiger partial charge in [-0.15, -0.1) is 0 Å². The van der Waals surface area contributed by atoms with Crippen molar-refractivity contribution >= 4 is 38.3 Å². The van der Waals surface area contributed by atoms with Gasteiger partial charge >= 0.3 is 0 Å². The van der Waals surface area contributed by atoms with Gasteiger partial charge in [0, 0.05) is 15.8 Å². The number of rotatable bonds is 1. The summed E-state index contributed by atoms with van der Waals surface area (Å²) in [4.78, 5) is 0. The molecule has 0 radical (unpaired) electrons. The molecule has 1 nitrogen and oxygen atoms in total. The third-order valence-corrected chi connectivity index (χ3v) is 3.27. The van der Waals surface area contributed by atoms with Gasteiger partial charge in [0.05, 0.1) is 11.6 Å². The molecule has 0 N–H and O–H groups in total. The maximum Gasteiger partial charge on any atom is 0.133 e. The van der Waals surface area contributed by atoms with E-state index in [9.17, 15) is 0 Å². The average molecular weight is 272 g/mol. The lowest BCUT2D eigenvalue weighted by Crippen LogP contribution is -1.85. The van der Waals surface area contributed by atoms with Crippen LogP contribution in [0.25, 0.3) is 10.8 Å². The Morgan fingerprint density at radius 3 is 2.64 bits per heavy atom. The van der Waals surface area contributed by atoms with Gasteiger partial charge in [-0.05, 0) is 34.1 Å². The zero-order chi connectivity index (χ0) is 10.1. The molecule has 0 aliphatic heterocycles. The van der Waals surface area contributed by atoms with Crippen molar-refractivity contribution in [1.82, 2.24) is 0 Å². The molecular formula is C11H8BrClO. The van der Waals surface area contributed by atoms with Crippen molar-refractivity contribution in [3.05, 3.63) is 39.8 Å². The van der Waals surface area contributed by atoms with Crippen molar-refractivity contribution in [1.29, 1.82) is 0 Å². The molecule has 0 bridgehead atoms. The highest BCUT2D eigenvalue weighted by Gasteiger charge is 2.06. The van der Waals surface area contributed by atoms with Crippen molar-refractivity contribution in [2.24, 2.45) is 0 Å². The van der Waals surface area contributed by atoms with Gasteiger partial charge in [-0.25, -0.2) is 0 Å². The second-order valence-corrected chi connectivity index (χ2v) is 4.12. The number of methoxy groups -OCH3 is 1. The first kappa shape index (κ1) is 9.81. The topological polar surface area (TPSA) is 9.23 Å². The molecule has 0 amide bonds. The second-order valence-electron chi connectivity index (χ2n) is 2.92. The second kappa shape index (κ2) is 3.79. The van der Waals surface area contributed by atoms with Crippen molar-refractivity contribution < 1.29 is 4.74 Å². The molecule has 0 aromatic heterocycles. The van der Waals surface area contributed by atoms with E-state index in [-0.39, 0.29) is 0 Å². The molecule has 14 heavy (non-hydrogen) atoms. The Morgan fingerprint density at radius 2 is 1.93 bits per heavy atom. The first-order chi connectivity index (χ1) is 6.74. The summed E-state index contributed by atoms with van der Waals surface area (Å²) in [6.45, 7) is 0. The minimum atomic E-state index is 0.755. The third kappa shape index (κ3) is 1.49. The molecule has 2 aromatic rings. The number of halogens is 2. The predicted molar refractivity (Wildman–Crippen MR) is 63.2 cm³/mol. The van der Waals surface area contributed by atoms with Crippen LogP contribution in [0.15, 0.2) is 34.8 Å². The van der Waals surface area contributed by atoms with E-state index in [2.05, 4.69) is 15.9 Å². The van der Waals surface area contributed by atoms with Gasteiger partial charge in [0.2, 0.25) is 0 Å². The lowest BCUT2D eigenvalue weighted by molar-refractivity contribution is 0.413. The van der Waals surface area contributed by atoms with Crippen LogP contribution in [-0.2, 0) is 0 Å². The van der Waals surface area contributed by atoms with Gasteiger partial charge < -0.3 is 4.74 Å². The number of hydrogen-bond donors (Lipinski definition) is 0. The van der Waals surface area contributed by atoms with Gasteiger partial charge in [0.15, 0.2) is 0 Å². The molecule has 3 heteroatoms. The fraction of sp³-hybridized carbons (Fsp3) is 0.0909. The van der Waals surface area contributed by atoms with Gasteiger partial charge in [-0.1, -0.05) is 23.7 Å². The summed E-state index contributed by atoms with van der Waals surface area (Å²) in [6.07, 6.45) is 0. The van der Waals surface area contributed by atoms with E-state index >= 15 is 0 Å². The normalized spacial score (nSPS) is 10.5. The van der Waals surface area contributed by atoms with Crippen LogP contribution < -0.4 is 4.74 Å². The van der Waals surface area contributed by atoms with Crippen LogP contribution in [0.1, 0.15) is 0 Å². The molecule has 0 heterocycles. The highest BCUT2D eigenvalue weighted by molar-refractivity contribution is 9.10. The smallest absolute Gasteiger partial charge is 0.133 e. The largest absolute Gasteiger partial charge is 0.496 e. The average Bonchev–Trinajstić information content (AvgIpc) is 2.20. The van der Waals surface area contributed by atoms with E-state index in [0.29, 0.717) is 0 Å². The van der Waals surface area contributed by atoms with E-state index in [1.165, 1.54) is 0 Å². The molecule has 0 spiro atoms. The first-order valence-electron chi connectivity index (χ1n) is 4.15. The molecule has 0 saturated heterocycles. The lowest BCUT2D eigenvalue weighted by atomic mass is 10.1. The number of benzene rings is 2. The Labute approximate surface area is 95.8 Å². The molecule has 2 rings (SSSR count). The van der Waals surface area contributed by atoms with Crippen LogP contribution in [0.5, 0.6) is 5.75 Å². The molecule has 0 aliphatic rings. The number of ether oxygens (including phenoxy) is 1. The summed E-state index contributed by atoms with van der Waals surface area (Å²) in [5.41, 5.74) is 0. The van der Waals surface area contributed by atoms with Crippen LogP contribution in [0.4, 0.5) is 0 Å². The minimum Gasteiger partial charge on any atom is -0.496 e. The molecule has 0 saturated carbocycles. The number of hydrogen-bond acceptors (Lipinski definition) is 1. The van der Waals surface area contributed by atoms with Crippen LogP contribution in [0, 0.1) is 0 Å². The molecule has 72 valence electrons. The number of fused-ring (bicyclic) bond motifs is 1. The van der Waals surface area contributed by atoms with E-state index in [1.54, 1.807) is 7.11 Å². The Kier molecular flexibility index (Phi) is 2.66. The van der Waals surface area contributed by atoms with Crippen molar-refractivity contribution in [2.45, 2.75) is 0 Å². The maximum absolute atomic E-state index is 6.06. The molecule has 0 atom stereocenters. The predicted octanol–water partition coefficient (Wildman–Crippen LogP) is 4.26. The van der Waals surface area contributed by atoms with Crippen molar-refractivity contribution in [3.8, 4) is 5.75 Å². The Bertz CT molecular complexity index is 482. The summed E-state index contributed by atoms with van der Waals surface area (Å²) in [7, 11) is 1.65. The van der Waals surface area contributed by atoms with Gasteiger partial charge in [-0.2, -0.15) is 0 Å². The minimum absolute atomic E-state index is 0.755. The van der Waals surface area contributed by atoms with Crippen LogP contribution >= 0.6 is 27.5 Å². The van der Waals surface area contributed by atoms with E-state index < -0.39 is 0 Å². The summed E-state index contributed by atoms with van der Waals surface area (Å²) in [5, 5.41) is 2.85. The standard InChI is InChI=1S/C11H8BrClO/c1-14-10-6-5-7-8(11(10)12)3-2-4-9(7)13/h2-6H,1H3. The monoisotopic (exact) mass is 270 g/mol. The van der Waals surface area contributed by atoms with E-state index in [0.717, 1.165) is 26.0 Å². The summed E-state index contributed by atoms with van der Waals surface area (Å²) in [6, 6.07) is 9.67. The lowest BCUT2D eigenvalue weighted by Gasteiger charge is -2.07. The Morgan fingerprint density at radius 1 is 1.14 bits per heavy atom.